The molecule has 2 aliphatic heterocycles. The molecule has 2 aliphatic carbocycles. The molecule has 5 nitrogen and oxygen atoms in total. The van der Waals surface area contributed by atoms with E-state index < -0.39 is 5.82 Å². The van der Waals surface area contributed by atoms with Crippen LogP contribution in [0.4, 0.5) is 4.39 Å². The van der Waals surface area contributed by atoms with E-state index in [2.05, 4.69) is 32.1 Å². The van der Waals surface area contributed by atoms with Crippen molar-refractivity contribution < 1.29 is 13.9 Å². The van der Waals surface area contributed by atoms with Crippen LogP contribution in [0.2, 0.25) is 5.02 Å². The zero-order valence-electron chi connectivity index (χ0n) is 21.2. The molecule has 0 atom stereocenters. The number of nitrogens with zero attached hydrogens (tertiary/aromatic N) is 2. The Morgan fingerprint density at radius 3 is 2.43 bits per heavy atom. The lowest BCUT2D eigenvalue weighted by Gasteiger charge is -2.32. The number of nitrogens with one attached hydrogen (secondary N) is 1. The summed E-state index contributed by atoms with van der Waals surface area (Å²) in [6.45, 7) is 5.38. The van der Waals surface area contributed by atoms with Gasteiger partial charge in [-0.2, -0.15) is 0 Å². The Bertz CT molecular complexity index is 1140. The van der Waals surface area contributed by atoms with Crippen molar-refractivity contribution in [1.82, 2.24) is 13.9 Å². The number of piperidine rings is 1. The van der Waals surface area contributed by atoms with Gasteiger partial charge in [0, 0.05) is 42.9 Å². The monoisotopic (exact) mass is 543 g/mol. The number of ether oxygens (including phenoxy) is 1. The highest BCUT2D eigenvalue weighted by Crippen LogP contribution is 2.45. The minimum Gasteiger partial charge on any atom is -0.493 e. The fraction of sp³-hybridized carbons (Fsp3) is 0.552. The molecule has 4 aliphatic rings. The molecule has 2 saturated heterocycles. The van der Waals surface area contributed by atoms with E-state index in [1.54, 1.807) is 6.07 Å². The van der Waals surface area contributed by atoms with Crippen molar-refractivity contribution in [3.8, 4) is 5.75 Å². The fourth-order valence-corrected chi connectivity index (χ4v) is 6.26. The van der Waals surface area contributed by atoms with E-state index in [1.165, 1.54) is 42.2 Å². The highest BCUT2D eigenvalue weighted by atomic mass is 35.5. The number of carbonyl (C=O) groups excluding carboxylic acids is 1. The number of hydrogen-bond donors (Lipinski definition) is 1. The predicted molar refractivity (Wildman–Crippen MR) is 147 cm³/mol. The summed E-state index contributed by atoms with van der Waals surface area (Å²) in [6.07, 6.45) is 7.94. The molecule has 2 aromatic rings. The summed E-state index contributed by atoms with van der Waals surface area (Å²) in [4.78, 5) is 15.1. The standard InChI is InChI=1S/C29H35ClFN3O2S/c30-26-14-22(20-2-3-20)6-7-23(26)17-33-12-8-19(9-13-33)18-36-28-16-27(31)25(15-24(28)21-4-5-21)29(35)32-37-34-10-1-11-34/h6-7,14-16,19-21H,1-5,8-13,17-18H2,(H,32,35). The maximum Gasteiger partial charge on any atom is 0.265 e. The summed E-state index contributed by atoms with van der Waals surface area (Å²) in [5.74, 6) is 1.24. The van der Waals surface area contributed by atoms with Crippen LogP contribution in [0, 0.1) is 11.7 Å². The van der Waals surface area contributed by atoms with Gasteiger partial charge in [0.1, 0.15) is 11.6 Å². The normalized spacial score (nSPS) is 21.0. The van der Waals surface area contributed by atoms with E-state index in [0.717, 1.165) is 81.3 Å². The Balaban J connectivity index is 1.02. The Morgan fingerprint density at radius 1 is 1.03 bits per heavy atom. The van der Waals surface area contributed by atoms with Crippen LogP contribution in [0.25, 0.3) is 0 Å². The lowest BCUT2D eigenvalue weighted by atomic mass is 9.97. The first-order chi connectivity index (χ1) is 18.0. The minimum absolute atomic E-state index is 0.111. The molecule has 2 saturated carbocycles. The van der Waals surface area contributed by atoms with Crippen LogP contribution in [-0.4, -0.2) is 47.9 Å². The molecule has 0 spiro atoms. The average Bonchev–Trinajstić information content (AvgIpc) is 3.77. The molecule has 0 aromatic heterocycles. The van der Waals surface area contributed by atoms with Crippen molar-refractivity contribution >= 4 is 29.6 Å². The molecule has 1 amide bonds. The first-order valence-corrected chi connectivity index (χ1v) is 14.9. The molecule has 2 heterocycles. The lowest BCUT2D eigenvalue weighted by molar-refractivity contribution is 0.0978. The van der Waals surface area contributed by atoms with E-state index in [1.807, 2.05) is 0 Å². The van der Waals surface area contributed by atoms with Crippen molar-refractivity contribution in [3.05, 3.63) is 63.4 Å². The van der Waals surface area contributed by atoms with Crippen LogP contribution in [0.1, 0.15) is 83.8 Å². The maximum absolute atomic E-state index is 14.9. The number of halogens is 2. The number of rotatable bonds is 10. The van der Waals surface area contributed by atoms with Gasteiger partial charge < -0.3 is 4.74 Å². The lowest BCUT2D eigenvalue weighted by Crippen LogP contribution is -2.35. The van der Waals surface area contributed by atoms with Gasteiger partial charge in [0.25, 0.3) is 5.91 Å². The van der Waals surface area contributed by atoms with Gasteiger partial charge in [-0.1, -0.05) is 23.7 Å². The number of carbonyl (C=O) groups is 1. The van der Waals surface area contributed by atoms with Crippen molar-refractivity contribution in [1.29, 1.82) is 0 Å². The molecule has 4 fully saturated rings. The molecular formula is C29H35ClFN3O2S. The van der Waals surface area contributed by atoms with Crippen LogP contribution in [0.15, 0.2) is 30.3 Å². The highest BCUT2D eigenvalue weighted by Gasteiger charge is 2.30. The number of benzene rings is 2. The van der Waals surface area contributed by atoms with E-state index in [4.69, 9.17) is 16.3 Å². The number of likely N-dealkylation sites (tertiary alicyclic amines) is 1. The molecular weight excluding hydrogens is 509 g/mol. The maximum atomic E-state index is 14.9. The smallest absolute Gasteiger partial charge is 0.265 e. The zero-order valence-corrected chi connectivity index (χ0v) is 22.8. The van der Waals surface area contributed by atoms with Gasteiger partial charge in [-0.3, -0.25) is 14.4 Å². The zero-order chi connectivity index (χ0) is 25.4. The molecule has 6 rings (SSSR count). The van der Waals surface area contributed by atoms with Crippen molar-refractivity contribution in [3.63, 3.8) is 0 Å². The van der Waals surface area contributed by atoms with Gasteiger partial charge in [0.05, 0.1) is 12.2 Å². The van der Waals surface area contributed by atoms with Gasteiger partial charge in [-0.05, 0) is 105 Å². The Morgan fingerprint density at radius 2 is 1.78 bits per heavy atom. The molecule has 0 bridgehead atoms. The van der Waals surface area contributed by atoms with Gasteiger partial charge >= 0.3 is 0 Å². The molecule has 2 aromatic carbocycles. The van der Waals surface area contributed by atoms with Gasteiger partial charge in [0.15, 0.2) is 0 Å². The second-order valence-electron chi connectivity index (χ2n) is 11.1. The number of hydrogen-bond acceptors (Lipinski definition) is 5. The largest absolute Gasteiger partial charge is 0.493 e. The molecule has 37 heavy (non-hydrogen) atoms. The van der Waals surface area contributed by atoms with Crippen molar-refractivity contribution in [2.45, 2.75) is 63.3 Å². The van der Waals surface area contributed by atoms with Crippen molar-refractivity contribution in [2.75, 3.05) is 32.8 Å². The molecule has 198 valence electrons. The minimum atomic E-state index is -0.513. The fourth-order valence-electron chi connectivity index (χ4n) is 5.25. The van der Waals surface area contributed by atoms with Crippen LogP contribution >= 0.6 is 23.7 Å². The quantitative estimate of drug-likeness (QED) is 0.345. The molecule has 0 unspecified atom stereocenters. The summed E-state index contributed by atoms with van der Waals surface area (Å²) in [5, 5.41) is 0.890. The first kappa shape index (κ1) is 25.5. The Kier molecular flexibility index (Phi) is 7.66. The SMILES string of the molecule is O=C(NSN1CCC1)c1cc(C2CC2)c(OCC2CCN(Cc3ccc(C4CC4)cc3Cl)CC2)cc1F. The van der Waals surface area contributed by atoms with Crippen molar-refractivity contribution in [2.24, 2.45) is 5.92 Å². The van der Waals surface area contributed by atoms with Crippen LogP contribution in [0.5, 0.6) is 5.75 Å². The van der Waals surface area contributed by atoms with Crippen LogP contribution < -0.4 is 9.46 Å². The summed E-state index contributed by atoms with van der Waals surface area (Å²) < 4.78 is 26.0. The third-order valence-corrected chi connectivity index (χ3v) is 9.40. The summed E-state index contributed by atoms with van der Waals surface area (Å²) in [7, 11) is 0. The van der Waals surface area contributed by atoms with Crippen LogP contribution in [-0.2, 0) is 6.54 Å². The second kappa shape index (κ2) is 11.1. The van der Waals surface area contributed by atoms with E-state index in [0.29, 0.717) is 24.2 Å². The van der Waals surface area contributed by atoms with Gasteiger partial charge in [0.2, 0.25) is 0 Å². The third-order valence-electron chi connectivity index (χ3n) is 8.15. The second-order valence-corrected chi connectivity index (χ2v) is 12.4. The Hall–Kier alpha value is -1.80. The van der Waals surface area contributed by atoms with Gasteiger partial charge in [-0.25, -0.2) is 8.70 Å². The Labute approximate surface area is 228 Å². The average molecular weight is 544 g/mol. The highest BCUT2D eigenvalue weighted by molar-refractivity contribution is 7.95. The number of amides is 1. The van der Waals surface area contributed by atoms with E-state index in [-0.39, 0.29) is 11.5 Å². The predicted octanol–water partition coefficient (Wildman–Crippen LogP) is 6.52. The van der Waals surface area contributed by atoms with Gasteiger partial charge in [-0.15, -0.1) is 0 Å². The van der Waals surface area contributed by atoms with Crippen LogP contribution in [0.3, 0.4) is 0 Å². The van der Waals surface area contributed by atoms with E-state index >= 15 is 0 Å². The third kappa shape index (κ3) is 6.27. The summed E-state index contributed by atoms with van der Waals surface area (Å²) >= 11 is 7.86. The first-order valence-electron chi connectivity index (χ1n) is 13.7. The topological polar surface area (TPSA) is 44.8 Å². The summed E-state index contributed by atoms with van der Waals surface area (Å²) in [6, 6.07) is 9.75. The summed E-state index contributed by atoms with van der Waals surface area (Å²) in [5.41, 5.74) is 3.67. The molecule has 1 N–H and O–H groups in total. The molecule has 8 heteroatoms. The van der Waals surface area contributed by atoms with E-state index in [9.17, 15) is 9.18 Å². The molecule has 0 radical (unpaired) electrons.